The minimum Gasteiger partial charge on any atom is -0.480 e. The Hall–Kier alpha value is -0.560. The lowest BCUT2D eigenvalue weighted by atomic mass is 10.0. The van der Waals surface area contributed by atoms with Crippen LogP contribution in [0.25, 0.3) is 0 Å². The van der Waals surface area contributed by atoms with Crippen molar-refractivity contribution in [3.8, 4) is 0 Å². The first-order valence-corrected chi connectivity index (χ1v) is 6.85. The maximum atomic E-state index is 10.1. The van der Waals surface area contributed by atoms with Crippen molar-refractivity contribution in [2.75, 3.05) is 19.8 Å². The zero-order chi connectivity index (χ0) is 17.7. The molecule has 23 heavy (non-hydrogen) atoms. The molecular formula is C12H29ClN2O8. The Kier molecular flexibility index (Phi) is 19.3. The summed E-state index contributed by atoms with van der Waals surface area (Å²) in [6, 6.07) is -0.716. The molecular weight excluding hydrogens is 336 g/mol. The summed E-state index contributed by atoms with van der Waals surface area (Å²) in [6.07, 6.45) is -4.23. The van der Waals surface area contributed by atoms with Crippen LogP contribution in [0.4, 0.5) is 0 Å². The quantitative estimate of drug-likeness (QED) is 0.173. The van der Waals surface area contributed by atoms with Crippen LogP contribution in [-0.4, -0.2) is 91.9 Å². The SMILES string of the molecule is Cl.NCCCCC(N)C(=O)O.OCC(O)C(O)C(O)C(O)CO. The number of hydrogen-bond acceptors (Lipinski definition) is 9. The van der Waals surface area contributed by atoms with Gasteiger partial charge in [0.15, 0.2) is 0 Å². The molecule has 0 radical (unpaired) electrons. The van der Waals surface area contributed by atoms with Crippen LogP contribution in [0.2, 0.25) is 0 Å². The number of carboxylic acid groups (broad SMARTS) is 1. The molecule has 0 spiro atoms. The van der Waals surface area contributed by atoms with Gasteiger partial charge in [-0.3, -0.25) is 4.79 Å². The van der Waals surface area contributed by atoms with Crippen LogP contribution in [0.3, 0.4) is 0 Å². The van der Waals surface area contributed by atoms with E-state index in [0.29, 0.717) is 13.0 Å². The van der Waals surface area contributed by atoms with Crippen molar-refractivity contribution in [3.05, 3.63) is 0 Å². The second-order valence-electron chi connectivity index (χ2n) is 4.71. The zero-order valence-electron chi connectivity index (χ0n) is 12.7. The highest BCUT2D eigenvalue weighted by atomic mass is 35.5. The molecule has 0 aromatic carbocycles. The maximum Gasteiger partial charge on any atom is 0.320 e. The Morgan fingerprint density at radius 2 is 1.30 bits per heavy atom. The van der Waals surface area contributed by atoms with Gasteiger partial charge in [-0.2, -0.15) is 0 Å². The van der Waals surface area contributed by atoms with Gasteiger partial charge in [0.05, 0.1) is 13.2 Å². The summed E-state index contributed by atoms with van der Waals surface area (Å²) >= 11 is 0. The van der Waals surface area contributed by atoms with E-state index in [2.05, 4.69) is 0 Å². The second kappa shape index (κ2) is 16.3. The van der Waals surface area contributed by atoms with Crippen molar-refractivity contribution >= 4 is 18.4 Å². The number of hydrogen-bond donors (Lipinski definition) is 9. The summed E-state index contributed by atoms with van der Waals surface area (Å²) in [7, 11) is 0. The van der Waals surface area contributed by atoms with E-state index in [1.165, 1.54) is 0 Å². The van der Waals surface area contributed by atoms with Gasteiger partial charge in [-0.25, -0.2) is 0 Å². The smallest absolute Gasteiger partial charge is 0.320 e. The first kappa shape index (κ1) is 27.3. The van der Waals surface area contributed by atoms with Crippen LogP contribution in [0, 0.1) is 0 Å². The average Bonchev–Trinajstić information content (AvgIpc) is 2.52. The number of nitrogens with two attached hydrogens (primary N) is 2. The van der Waals surface area contributed by atoms with Crippen molar-refractivity contribution in [1.29, 1.82) is 0 Å². The van der Waals surface area contributed by atoms with E-state index in [0.717, 1.165) is 12.8 Å². The van der Waals surface area contributed by atoms with Gasteiger partial charge in [0.25, 0.3) is 0 Å². The number of halogens is 1. The van der Waals surface area contributed by atoms with Crippen LogP contribution >= 0.6 is 12.4 Å². The zero-order valence-corrected chi connectivity index (χ0v) is 13.5. The topological polar surface area (TPSA) is 211 Å². The lowest BCUT2D eigenvalue weighted by molar-refractivity contribution is -0.138. The Morgan fingerprint density at radius 1 is 0.913 bits per heavy atom. The molecule has 142 valence electrons. The summed E-state index contributed by atoms with van der Waals surface area (Å²) < 4.78 is 0. The molecule has 0 fully saturated rings. The lowest BCUT2D eigenvalue weighted by Gasteiger charge is -2.24. The number of aliphatic carboxylic acids is 1. The lowest BCUT2D eigenvalue weighted by Crippen LogP contribution is -2.46. The molecule has 0 saturated heterocycles. The Labute approximate surface area is 140 Å². The van der Waals surface area contributed by atoms with Gasteiger partial charge in [0, 0.05) is 0 Å². The Morgan fingerprint density at radius 3 is 1.57 bits per heavy atom. The van der Waals surface area contributed by atoms with Crippen LogP contribution in [0.5, 0.6) is 0 Å². The Bertz CT molecular complexity index is 274. The predicted molar refractivity (Wildman–Crippen MR) is 84.0 cm³/mol. The van der Waals surface area contributed by atoms with E-state index in [4.69, 9.17) is 47.2 Å². The standard InChI is InChI=1S/C6H14N2O2.C6H14O6.ClH/c7-4-2-1-3-5(8)6(9)10;7-1-3(9)5(11)6(12)4(10)2-8;/h5H,1-4,7-8H2,(H,9,10);3-12H,1-2H2;1H. The number of carboxylic acids is 1. The van der Waals surface area contributed by atoms with Gasteiger partial charge < -0.3 is 47.2 Å². The fourth-order valence-electron chi connectivity index (χ4n) is 1.30. The molecule has 11 heteroatoms. The van der Waals surface area contributed by atoms with Crippen LogP contribution in [0.15, 0.2) is 0 Å². The third-order valence-electron chi connectivity index (χ3n) is 2.80. The summed E-state index contributed by atoms with van der Waals surface area (Å²) in [4.78, 5) is 10.1. The molecule has 0 aliphatic heterocycles. The van der Waals surface area contributed by atoms with Crippen LogP contribution < -0.4 is 11.5 Å². The van der Waals surface area contributed by atoms with Gasteiger partial charge in [0.1, 0.15) is 30.5 Å². The first-order chi connectivity index (χ1) is 10.2. The van der Waals surface area contributed by atoms with Gasteiger partial charge >= 0.3 is 5.97 Å². The number of carbonyl (C=O) groups is 1. The van der Waals surface area contributed by atoms with Crippen molar-refractivity contribution in [1.82, 2.24) is 0 Å². The molecule has 5 atom stereocenters. The maximum absolute atomic E-state index is 10.1. The third-order valence-corrected chi connectivity index (χ3v) is 2.80. The highest BCUT2D eigenvalue weighted by Crippen LogP contribution is 2.04. The van der Waals surface area contributed by atoms with Crippen molar-refractivity contribution in [2.45, 2.75) is 49.7 Å². The predicted octanol–water partition coefficient (Wildman–Crippen LogP) is -3.64. The van der Waals surface area contributed by atoms with E-state index in [1.54, 1.807) is 0 Å². The molecule has 0 rings (SSSR count). The highest BCUT2D eigenvalue weighted by molar-refractivity contribution is 5.85. The third kappa shape index (κ3) is 13.6. The van der Waals surface area contributed by atoms with Crippen LogP contribution in [0.1, 0.15) is 19.3 Å². The van der Waals surface area contributed by atoms with Crippen molar-refractivity contribution in [2.24, 2.45) is 11.5 Å². The molecule has 0 amide bonds. The number of unbranched alkanes of at least 4 members (excludes halogenated alkanes) is 1. The van der Waals surface area contributed by atoms with E-state index in [1.807, 2.05) is 0 Å². The molecule has 0 aliphatic rings. The molecule has 0 bridgehead atoms. The summed E-state index contributed by atoms with van der Waals surface area (Å²) in [6.45, 7) is -0.848. The van der Waals surface area contributed by atoms with Gasteiger partial charge in [0.2, 0.25) is 0 Å². The van der Waals surface area contributed by atoms with E-state index < -0.39 is 49.6 Å². The minimum atomic E-state index is -1.67. The molecule has 5 unspecified atom stereocenters. The molecule has 0 aromatic rings. The summed E-state index contributed by atoms with van der Waals surface area (Å²) in [5, 5.41) is 60.5. The van der Waals surface area contributed by atoms with Gasteiger partial charge in [-0.05, 0) is 19.4 Å². The van der Waals surface area contributed by atoms with Crippen molar-refractivity contribution < 1.29 is 40.5 Å². The number of aliphatic hydroxyl groups is 6. The minimum absolute atomic E-state index is 0. The fourth-order valence-corrected chi connectivity index (χ4v) is 1.30. The average molecular weight is 365 g/mol. The highest BCUT2D eigenvalue weighted by Gasteiger charge is 2.29. The number of rotatable bonds is 10. The van der Waals surface area contributed by atoms with Gasteiger partial charge in [-0.15, -0.1) is 12.4 Å². The second-order valence-corrected chi connectivity index (χ2v) is 4.71. The largest absolute Gasteiger partial charge is 0.480 e. The number of aliphatic hydroxyl groups excluding tert-OH is 6. The summed E-state index contributed by atoms with van der Waals surface area (Å²) in [5.41, 5.74) is 10.4. The van der Waals surface area contributed by atoms with E-state index in [-0.39, 0.29) is 12.4 Å². The van der Waals surface area contributed by atoms with Crippen molar-refractivity contribution in [3.63, 3.8) is 0 Å². The molecule has 0 aromatic heterocycles. The molecule has 10 nitrogen and oxygen atoms in total. The molecule has 0 aliphatic carbocycles. The normalized spacial score (nSPS) is 16.9. The fraction of sp³-hybridized carbons (Fsp3) is 0.917. The van der Waals surface area contributed by atoms with E-state index in [9.17, 15) is 4.79 Å². The monoisotopic (exact) mass is 364 g/mol. The molecule has 0 saturated carbocycles. The summed E-state index contributed by atoms with van der Waals surface area (Å²) in [5.74, 6) is -0.933. The van der Waals surface area contributed by atoms with E-state index >= 15 is 0 Å². The van der Waals surface area contributed by atoms with Crippen LogP contribution in [-0.2, 0) is 4.79 Å². The first-order valence-electron chi connectivity index (χ1n) is 6.85. The Balaban J connectivity index is -0.000000338. The molecule has 11 N–H and O–H groups in total. The molecule has 0 heterocycles. The van der Waals surface area contributed by atoms with Gasteiger partial charge in [-0.1, -0.05) is 6.42 Å².